The number of carboxylic acid groups (broad SMARTS) is 1. The van der Waals surface area contributed by atoms with E-state index in [0.29, 0.717) is 0 Å². The molecule has 0 aromatic carbocycles. The van der Waals surface area contributed by atoms with Gasteiger partial charge in [0.2, 0.25) is 0 Å². The van der Waals surface area contributed by atoms with E-state index in [1.54, 1.807) is 11.6 Å². The van der Waals surface area contributed by atoms with Crippen molar-refractivity contribution in [3.8, 4) is 0 Å². The van der Waals surface area contributed by atoms with Gasteiger partial charge in [-0.3, -0.25) is 0 Å². The van der Waals surface area contributed by atoms with Crippen molar-refractivity contribution in [2.75, 3.05) is 0 Å². The van der Waals surface area contributed by atoms with Crippen LogP contribution in [0.4, 0.5) is 0 Å². The zero-order valence-electron chi connectivity index (χ0n) is 15.7. The Kier molecular flexibility index (Phi) is 9.09. The molecule has 0 unspecified atom stereocenters. The normalized spacial score (nSPS) is 11.7. The van der Waals surface area contributed by atoms with Crippen LogP contribution in [0, 0.1) is 0 Å². The molecule has 0 aliphatic carbocycles. The average molecular weight is 441 g/mol. The van der Waals surface area contributed by atoms with E-state index in [9.17, 15) is 14.7 Å². The zero-order chi connectivity index (χ0) is 18.2. The minimum absolute atomic E-state index is 0.178. The molecule has 0 spiro atoms. The second-order valence-corrected chi connectivity index (χ2v) is 20.1. The van der Waals surface area contributed by atoms with Gasteiger partial charge in [-0.1, -0.05) is 0 Å². The molecule has 1 aromatic rings. The number of carbonyl (C=O) groups excluding carboxylic acids is 1. The first-order valence-electron chi connectivity index (χ1n) is 9.34. The molecular formula is C19H32NO3Sn-. The summed E-state index contributed by atoms with van der Waals surface area (Å²) in [5, 5.41) is 11.7. The first-order chi connectivity index (χ1) is 11.4. The number of aryl methyl sites for hydroxylation is 1. The summed E-state index contributed by atoms with van der Waals surface area (Å²) in [5.41, 5.74) is -0.0863. The topological polar surface area (TPSA) is 62.1 Å². The molecule has 5 heteroatoms. The van der Waals surface area contributed by atoms with Crippen LogP contribution in [0.1, 0.15) is 69.7 Å². The number of carbonyl (C=O) groups is 1. The van der Waals surface area contributed by atoms with Crippen LogP contribution >= 0.6 is 0 Å². The number of unbranched alkanes of at least 4 members (excludes halogenated alkanes) is 3. The number of nitrogens with zero attached hydrogens (tertiary/aromatic N) is 1. The molecule has 0 fully saturated rings. The summed E-state index contributed by atoms with van der Waals surface area (Å²) < 4.78 is 6.07. The predicted octanol–water partition coefficient (Wildman–Crippen LogP) is 2.80. The molecule has 0 radical (unpaired) electrons. The summed E-state index contributed by atoms with van der Waals surface area (Å²) in [5.74, 6) is -1.19. The van der Waals surface area contributed by atoms with Gasteiger partial charge in [-0.25, -0.2) is 0 Å². The molecule has 1 rings (SSSR count). The summed E-state index contributed by atoms with van der Waals surface area (Å²) in [6.07, 6.45) is 8.68. The fraction of sp³-hybridized carbons (Fsp3) is 0.684. The molecule has 24 heavy (non-hydrogen) atoms. The van der Waals surface area contributed by atoms with Crippen LogP contribution in [0.2, 0.25) is 13.3 Å². The van der Waals surface area contributed by atoms with Gasteiger partial charge in [-0.05, 0) is 0 Å². The number of carboxylic acids is 1. The Morgan fingerprint density at radius 3 is 1.88 bits per heavy atom. The zero-order valence-corrected chi connectivity index (χ0v) is 18.5. The standard InChI is InChI=1S/C7H6NO3.3C4H9.Sn/c1-8-3-2-5(7(10)11)4-6(8)9;3*1-3-4-2;/h3-4H,1H3,(H,10,11);3*1,3-4H2,2H3;/p-1. The van der Waals surface area contributed by atoms with Gasteiger partial charge in [0, 0.05) is 0 Å². The first-order valence-corrected chi connectivity index (χ1v) is 16.8. The number of aromatic carboxylic acids is 1. The van der Waals surface area contributed by atoms with E-state index in [4.69, 9.17) is 0 Å². The first kappa shape index (κ1) is 21.3. The van der Waals surface area contributed by atoms with Crippen molar-refractivity contribution in [1.29, 1.82) is 0 Å². The van der Waals surface area contributed by atoms with Crippen LogP contribution in [-0.4, -0.2) is 28.9 Å². The van der Waals surface area contributed by atoms with Gasteiger partial charge in [-0.15, -0.1) is 0 Å². The summed E-state index contributed by atoms with van der Waals surface area (Å²) >= 11 is -2.90. The predicted molar refractivity (Wildman–Crippen MR) is 101 cm³/mol. The van der Waals surface area contributed by atoms with E-state index in [2.05, 4.69) is 20.8 Å². The van der Waals surface area contributed by atoms with Crippen molar-refractivity contribution < 1.29 is 9.90 Å². The van der Waals surface area contributed by atoms with Crippen LogP contribution in [0.3, 0.4) is 0 Å². The van der Waals surface area contributed by atoms with Crippen molar-refractivity contribution >= 4 is 27.9 Å². The van der Waals surface area contributed by atoms with E-state index < -0.39 is 24.3 Å². The number of aromatic nitrogens is 1. The van der Waals surface area contributed by atoms with Gasteiger partial charge >= 0.3 is 150 Å². The van der Waals surface area contributed by atoms with E-state index in [1.165, 1.54) is 19.4 Å². The SMILES string of the molecule is CCC[CH2][Sn]([CH2]CCC)([CH2]CCC)[c]1cn(C)c(=O)cc1C(=O)[O-]. The molecule has 4 nitrogen and oxygen atoms in total. The fourth-order valence-electron chi connectivity index (χ4n) is 3.55. The maximum absolute atomic E-state index is 12.0. The van der Waals surface area contributed by atoms with E-state index in [-0.39, 0.29) is 11.1 Å². The monoisotopic (exact) mass is 442 g/mol. The summed E-state index contributed by atoms with van der Waals surface area (Å²) in [6, 6.07) is 1.29. The quantitative estimate of drug-likeness (QED) is 0.497. The number of rotatable bonds is 11. The molecule has 1 aromatic heterocycles. The maximum atomic E-state index is 12.0. The Morgan fingerprint density at radius 2 is 1.50 bits per heavy atom. The molecule has 136 valence electrons. The molecule has 0 N–H and O–H groups in total. The van der Waals surface area contributed by atoms with Crippen molar-refractivity contribution in [1.82, 2.24) is 4.57 Å². The third-order valence-corrected chi connectivity index (χ3v) is 20.7. The Bertz CT molecular complexity index is 573. The molecule has 1 heterocycles. The number of hydrogen-bond donors (Lipinski definition) is 0. The molecule has 0 aliphatic heterocycles. The van der Waals surface area contributed by atoms with E-state index in [1.807, 2.05) is 6.20 Å². The minimum atomic E-state index is -2.90. The van der Waals surface area contributed by atoms with Crippen LogP contribution in [-0.2, 0) is 7.05 Å². The molecule has 0 atom stereocenters. The second kappa shape index (κ2) is 10.3. The van der Waals surface area contributed by atoms with Gasteiger partial charge in [0.25, 0.3) is 0 Å². The van der Waals surface area contributed by atoms with Gasteiger partial charge in [0.15, 0.2) is 0 Å². The van der Waals surface area contributed by atoms with Gasteiger partial charge in [0.05, 0.1) is 0 Å². The van der Waals surface area contributed by atoms with Crippen molar-refractivity contribution in [2.45, 2.75) is 72.6 Å². The second-order valence-electron chi connectivity index (χ2n) is 6.93. The van der Waals surface area contributed by atoms with Crippen LogP contribution < -0.4 is 14.2 Å². The summed E-state index contributed by atoms with van der Waals surface area (Å²) in [7, 11) is 1.72. The number of hydrogen-bond acceptors (Lipinski definition) is 3. The molecule has 0 aliphatic rings. The Balaban J connectivity index is 3.51. The summed E-state index contributed by atoms with van der Waals surface area (Å²) in [4.78, 5) is 23.7. The average Bonchev–Trinajstić information content (AvgIpc) is 2.56. The molecule has 0 amide bonds. The van der Waals surface area contributed by atoms with Crippen molar-refractivity contribution in [3.05, 3.63) is 28.2 Å². The summed E-state index contributed by atoms with van der Waals surface area (Å²) in [6.45, 7) is 6.57. The van der Waals surface area contributed by atoms with Gasteiger partial charge < -0.3 is 0 Å². The van der Waals surface area contributed by atoms with Gasteiger partial charge in [0.1, 0.15) is 0 Å². The van der Waals surface area contributed by atoms with Crippen molar-refractivity contribution in [2.24, 2.45) is 7.05 Å². The van der Waals surface area contributed by atoms with Crippen LogP contribution in [0.15, 0.2) is 17.1 Å². The van der Waals surface area contributed by atoms with Gasteiger partial charge in [-0.2, -0.15) is 0 Å². The molecular weight excluding hydrogens is 409 g/mol. The third-order valence-electron chi connectivity index (χ3n) is 5.05. The van der Waals surface area contributed by atoms with Crippen LogP contribution in [0.25, 0.3) is 0 Å². The molecule has 0 saturated carbocycles. The fourth-order valence-corrected chi connectivity index (χ4v) is 20.3. The molecule has 0 saturated heterocycles. The Morgan fingerprint density at radius 1 is 1.04 bits per heavy atom. The molecule has 0 bridgehead atoms. The van der Waals surface area contributed by atoms with Crippen molar-refractivity contribution in [3.63, 3.8) is 0 Å². The Labute approximate surface area is 150 Å². The number of pyridine rings is 1. The Hall–Kier alpha value is -0.781. The third kappa shape index (κ3) is 5.36. The van der Waals surface area contributed by atoms with Crippen LogP contribution in [0.5, 0.6) is 0 Å². The van der Waals surface area contributed by atoms with E-state index in [0.717, 1.165) is 42.1 Å². The van der Waals surface area contributed by atoms with E-state index >= 15 is 0 Å².